The van der Waals surface area contributed by atoms with E-state index in [4.69, 9.17) is 11.6 Å². The van der Waals surface area contributed by atoms with Gasteiger partial charge in [0.25, 0.3) is 0 Å². The highest BCUT2D eigenvalue weighted by molar-refractivity contribution is 6.31. The minimum Gasteiger partial charge on any atom is -0.345 e. The second kappa shape index (κ2) is 3.62. The average Bonchev–Trinajstić information content (AvgIpc) is 1.84. The highest BCUT2D eigenvalue weighted by Gasteiger charge is 2.07. The first kappa shape index (κ1) is 9.50. The molecule has 0 saturated heterocycles. The molecule has 2 nitrogen and oxygen atoms in total. The van der Waals surface area contributed by atoms with Crippen LogP contribution in [-0.4, -0.2) is 24.9 Å². The summed E-state index contributed by atoms with van der Waals surface area (Å²) in [5.41, 5.74) is 0.603. The van der Waals surface area contributed by atoms with Crippen molar-refractivity contribution in [3.8, 4) is 0 Å². The molecule has 0 unspecified atom stereocenters. The summed E-state index contributed by atoms with van der Waals surface area (Å²) in [7, 11) is 3.40. The predicted octanol–water partition coefficient (Wildman–Crippen LogP) is 1.61. The second-order valence-corrected chi connectivity index (χ2v) is 2.92. The van der Waals surface area contributed by atoms with Crippen molar-refractivity contribution >= 4 is 17.5 Å². The Bertz CT molecular complexity index is 168. The fraction of sp³-hybridized carbons (Fsp3) is 0.571. The Kier molecular flexibility index (Phi) is 3.43. The SMILES string of the molecule is C/C(Cl)=C(\C)C(=O)N(C)C. The molecule has 3 heteroatoms. The molecule has 0 heterocycles. The molecular weight excluding hydrogens is 150 g/mol. The lowest BCUT2D eigenvalue weighted by atomic mass is 10.2. The van der Waals surface area contributed by atoms with E-state index in [1.807, 2.05) is 0 Å². The van der Waals surface area contributed by atoms with E-state index in [9.17, 15) is 4.79 Å². The lowest BCUT2D eigenvalue weighted by Gasteiger charge is -2.10. The smallest absolute Gasteiger partial charge is 0.250 e. The van der Waals surface area contributed by atoms with Crippen molar-refractivity contribution in [1.82, 2.24) is 4.90 Å². The summed E-state index contributed by atoms with van der Waals surface area (Å²) in [5, 5.41) is 0.554. The first-order valence-electron chi connectivity index (χ1n) is 3.01. The Morgan fingerprint density at radius 3 is 1.80 bits per heavy atom. The fourth-order valence-electron chi connectivity index (χ4n) is 0.483. The third kappa shape index (κ3) is 2.40. The van der Waals surface area contributed by atoms with E-state index < -0.39 is 0 Å². The largest absolute Gasteiger partial charge is 0.345 e. The van der Waals surface area contributed by atoms with Crippen molar-refractivity contribution in [3.05, 3.63) is 10.6 Å². The number of carbonyl (C=O) groups is 1. The summed E-state index contributed by atoms with van der Waals surface area (Å²) in [6.45, 7) is 3.42. The molecule has 0 fully saturated rings. The Labute approximate surface area is 66.5 Å². The quantitative estimate of drug-likeness (QED) is 0.535. The van der Waals surface area contributed by atoms with Gasteiger partial charge in [0.15, 0.2) is 0 Å². The molecule has 0 N–H and O–H groups in total. The van der Waals surface area contributed by atoms with Crippen LogP contribution < -0.4 is 0 Å². The van der Waals surface area contributed by atoms with Crippen LogP contribution in [0.3, 0.4) is 0 Å². The molecule has 0 aliphatic carbocycles. The van der Waals surface area contributed by atoms with Crippen LogP contribution in [0.2, 0.25) is 0 Å². The van der Waals surface area contributed by atoms with Crippen LogP contribution in [0.5, 0.6) is 0 Å². The van der Waals surface area contributed by atoms with Gasteiger partial charge in [0.2, 0.25) is 5.91 Å². The van der Waals surface area contributed by atoms with E-state index in [2.05, 4.69) is 0 Å². The van der Waals surface area contributed by atoms with Gasteiger partial charge < -0.3 is 4.90 Å². The minimum atomic E-state index is -0.0347. The maximum atomic E-state index is 11.1. The lowest BCUT2D eigenvalue weighted by molar-refractivity contribution is -0.124. The van der Waals surface area contributed by atoms with Gasteiger partial charge in [-0.3, -0.25) is 4.79 Å². The standard InChI is InChI=1S/C7H12ClNO/c1-5(6(2)8)7(10)9(3)4/h1-4H3/b6-5-. The summed E-state index contributed by atoms with van der Waals surface area (Å²) in [6, 6.07) is 0. The summed E-state index contributed by atoms with van der Waals surface area (Å²) < 4.78 is 0. The van der Waals surface area contributed by atoms with Crippen LogP contribution >= 0.6 is 11.6 Å². The zero-order valence-corrected chi connectivity index (χ0v) is 7.49. The number of hydrogen-bond donors (Lipinski definition) is 0. The van der Waals surface area contributed by atoms with Crippen molar-refractivity contribution in [2.75, 3.05) is 14.1 Å². The number of halogens is 1. The first-order chi connectivity index (χ1) is 4.46. The number of rotatable bonds is 1. The topological polar surface area (TPSA) is 20.3 Å². The number of amides is 1. The summed E-state index contributed by atoms with van der Waals surface area (Å²) in [4.78, 5) is 12.6. The highest BCUT2D eigenvalue weighted by Crippen LogP contribution is 2.08. The zero-order valence-electron chi connectivity index (χ0n) is 6.73. The predicted molar refractivity (Wildman–Crippen MR) is 42.9 cm³/mol. The van der Waals surface area contributed by atoms with Gasteiger partial charge in [-0.05, 0) is 13.8 Å². The summed E-state index contributed by atoms with van der Waals surface area (Å²) >= 11 is 5.60. The van der Waals surface area contributed by atoms with E-state index >= 15 is 0 Å². The summed E-state index contributed by atoms with van der Waals surface area (Å²) in [6.07, 6.45) is 0. The molecule has 0 rings (SSSR count). The van der Waals surface area contributed by atoms with Crippen molar-refractivity contribution in [2.24, 2.45) is 0 Å². The normalized spacial score (nSPS) is 12.5. The van der Waals surface area contributed by atoms with E-state index in [-0.39, 0.29) is 5.91 Å². The van der Waals surface area contributed by atoms with Gasteiger partial charge in [-0.25, -0.2) is 0 Å². The zero-order chi connectivity index (χ0) is 8.31. The number of nitrogens with zero attached hydrogens (tertiary/aromatic N) is 1. The molecule has 0 aromatic rings. The first-order valence-corrected chi connectivity index (χ1v) is 3.39. The molecule has 10 heavy (non-hydrogen) atoms. The highest BCUT2D eigenvalue weighted by atomic mass is 35.5. The van der Waals surface area contributed by atoms with Crippen molar-refractivity contribution in [1.29, 1.82) is 0 Å². The van der Waals surface area contributed by atoms with Gasteiger partial charge in [0, 0.05) is 24.7 Å². The molecule has 0 bridgehead atoms. The fourth-order valence-corrected chi connectivity index (χ4v) is 0.564. The van der Waals surface area contributed by atoms with Crippen LogP contribution in [0.25, 0.3) is 0 Å². The molecule has 0 aliphatic rings. The van der Waals surface area contributed by atoms with Crippen molar-refractivity contribution in [2.45, 2.75) is 13.8 Å². The molecule has 1 amide bonds. The minimum absolute atomic E-state index is 0.0347. The van der Waals surface area contributed by atoms with Gasteiger partial charge >= 0.3 is 0 Å². The average molecular weight is 162 g/mol. The van der Waals surface area contributed by atoms with Crippen LogP contribution in [0.15, 0.2) is 10.6 Å². The number of likely N-dealkylation sites (N-methyl/N-ethyl adjacent to an activating group) is 1. The number of hydrogen-bond acceptors (Lipinski definition) is 1. The molecule has 58 valence electrons. The number of carbonyl (C=O) groups excluding carboxylic acids is 1. The lowest BCUT2D eigenvalue weighted by Crippen LogP contribution is -2.22. The Balaban J connectivity index is 4.38. The van der Waals surface area contributed by atoms with Crippen LogP contribution in [-0.2, 0) is 4.79 Å². The van der Waals surface area contributed by atoms with E-state index in [0.29, 0.717) is 10.6 Å². The monoisotopic (exact) mass is 161 g/mol. The van der Waals surface area contributed by atoms with Crippen LogP contribution in [0.4, 0.5) is 0 Å². The maximum absolute atomic E-state index is 11.1. The number of allylic oxidation sites excluding steroid dienone is 1. The Morgan fingerprint density at radius 1 is 1.30 bits per heavy atom. The van der Waals surface area contributed by atoms with Crippen LogP contribution in [0, 0.1) is 0 Å². The molecule has 0 aromatic carbocycles. The van der Waals surface area contributed by atoms with Crippen molar-refractivity contribution < 1.29 is 4.79 Å². The molecule has 0 aliphatic heterocycles. The van der Waals surface area contributed by atoms with Gasteiger partial charge in [-0.15, -0.1) is 0 Å². The second-order valence-electron chi connectivity index (χ2n) is 2.36. The van der Waals surface area contributed by atoms with Gasteiger partial charge in [0.1, 0.15) is 0 Å². The molecule has 0 radical (unpaired) electrons. The molecule has 0 spiro atoms. The van der Waals surface area contributed by atoms with Gasteiger partial charge in [-0.2, -0.15) is 0 Å². The molecule has 0 aromatic heterocycles. The Morgan fingerprint density at radius 2 is 1.70 bits per heavy atom. The van der Waals surface area contributed by atoms with E-state index in [1.54, 1.807) is 27.9 Å². The third-order valence-corrected chi connectivity index (χ3v) is 1.53. The van der Waals surface area contributed by atoms with E-state index in [0.717, 1.165) is 0 Å². The molecule has 0 atom stereocenters. The Hall–Kier alpha value is -0.500. The van der Waals surface area contributed by atoms with Gasteiger partial charge in [-0.1, -0.05) is 11.6 Å². The van der Waals surface area contributed by atoms with Crippen LogP contribution in [0.1, 0.15) is 13.8 Å². The van der Waals surface area contributed by atoms with Crippen molar-refractivity contribution in [3.63, 3.8) is 0 Å². The maximum Gasteiger partial charge on any atom is 0.250 e. The summed E-state index contributed by atoms with van der Waals surface area (Å²) in [5.74, 6) is -0.0347. The molecular formula is C7H12ClNO. The van der Waals surface area contributed by atoms with E-state index in [1.165, 1.54) is 4.90 Å². The third-order valence-electron chi connectivity index (χ3n) is 1.24. The molecule has 0 saturated carbocycles. The van der Waals surface area contributed by atoms with Gasteiger partial charge in [0.05, 0.1) is 0 Å².